The number of carbonyl (C=O) groups is 2. The number of furan rings is 1. The SMILES string of the molecule is O=CC1c2ccccc2CN1CC1CCN(CC(=O)c2ccco2)CC1. The zero-order valence-electron chi connectivity index (χ0n) is 14.8. The van der Waals surface area contributed by atoms with Gasteiger partial charge in [-0.2, -0.15) is 0 Å². The minimum Gasteiger partial charge on any atom is -0.461 e. The highest BCUT2D eigenvalue weighted by molar-refractivity contribution is 5.95. The molecule has 26 heavy (non-hydrogen) atoms. The highest BCUT2D eigenvalue weighted by Crippen LogP contribution is 2.33. The van der Waals surface area contributed by atoms with E-state index in [0.717, 1.165) is 50.9 Å². The van der Waals surface area contributed by atoms with Crippen LogP contribution in [0.2, 0.25) is 0 Å². The van der Waals surface area contributed by atoms with Gasteiger partial charge in [0.15, 0.2) is 5.76 Å². The fourth-order valence-corrected chi connectivity index (χ4v) is 4.20. The van der Waals surface area contributed by atoms with Gasteiger partial charge >= 0.3 is 0 Å². The first-order valence-corrected chi connectivity index (χ1v) is 9.31. The molecule has 0 spiro atoms. The lowest BCUT2D eigenvalue weighted by Crippen LogP contribution is -2.40. The van der Waals surface area contributed by atoms with Crippen LogP contribution in [0.25, 0.3) is 0 Å². The molecule has 0 N–H and O–H groups in total. The lowest BCUT2D eigenvalue weighted by atomic mass is 9.95. The van der Waals surface area contributed by atoms with Crippen molar-refractivity contribution in [1.82, 2.24) is 9.80 Å². The molecular weight excluding hydrogens is 328 g/mol. The minimum atomic E-state index is -0.107. The largest absolute Gasteiger partial charge is 0.461 e. The first-order chi connectivity index (χ1) is 12.7. The number of hydrogen-bond donors (Lipinski definition) is 0. The third-order valence-corrected chi connectivity index (χ3v) is 5.63. The topological polar surface area (TPSA) is 53.8 Å². The van der Waals surface area contributed by atoms with Crippen LogP contribution in [0.4, 0.5) is 0 Å². The van der Waals surface area contributed by atoms with Gasteiger partial charge in [0.25, 0.3) is 0 Å². The van der Waals surface area contributed by atoms with Crippen molar-refractivity contribution >= 4 is 12.1 Å². The lowest BCUT2D eigenvalue weighted by Gasteiger charge is -2.34. The van der Waals surface area contributed by atoms with Gasteiger partial charge < -0.3 is 9.21 Å². The molecule has 4 rings (SSSR count). The molecule has 0 aliphatic carbocycles. The Hall–Kier alpha value is -2.24. The molecule has 1 unspecified atom stereocenters. The third-order valence-electron chi connectivity index (χ3n) is 5.63. The summed E-state index contributed by atoms with van der Waals surface area (Å²) in [4.78, 5) is 28.3. The van der Waals surface area contributed by atoms with Gasteiger partial charge in [-0.15, -0.1) is 0 Å². The summed E-state index contributed by atoms with van der Waals surface area (Å²) in [5.41, 5.74) is 2.43. The molecule has 1 aromatic carbocycles. The van der Waals surface area contributed by atoms with Gasteiger partial charge in [-0.1, -0.05) is 24.3 Å². The van der Waals surface area contributed by atoms with Gasteiger partial charge in [0.05, 0.1) is 18.8 Å². The second kappa shape index (κ2) is 7.56. The number of nitrogens with zero attached hydrogens (tertiary/aromatic N) is 2. The molecule has 0 radical (unpaired) electrons. The molecule has 5 nitrogen and oxygen atoms in total. The summed E-state index contributed by atoms with van der Waals surface area (Å²) in [5.74, 6) is 1.06. The molecule has 0 amide bonds. The molecule has 2 aliphatic rings. The first kappa shape index (κ1) is 17.2. The maximum Gasteiger partial charge on any atom is 0.211 e. The van der Waals surface area contributed by atoms with Crippen molar-refractivity contribution in [2.24, 2.45) is 5.92 Å². The lowest BCUT2D eigenvalue weighted by molar-refractivity contribution is -0.112. The Labute approximate surface area is 153 Å². The Morgan fingerprint density at radius 3 is 2.69 bits per heavy atom. The molecular formula is C21H24N2O3. The molecule has 1 fully saturated rings. The van der Waals surface area contributed by atoms with Crippen LogP contribution in [0.1, 0.15) is 40.6 Å². The molecule has 5 heteroatoms. The fraction of sp³-hybridized carbons (Fsp3) is 0.429. The average Bonchev–Trinajstić information content (AvgIpc) is 3.30. The zero-order valence-corrected chi connectivity index (χ0v) is 14.8. The number of fused-ring (bicyclic) bond motifs is 1. The number of ketones is 1. The Morgan fingerprint density at radius 2 is 1.96 bits per heavy atom. The number of likely N-dealkylation sites (tertiary alicyclic amines) is 1. The Balaban J connectivity index is 1.29. The summed E-state index contributed by atoms with van der Waals surface area (Å²) < 4.78 is 5.19. The maximum absolute atomic E-state index is 12.2. The van der Waals surface area contributed by atoms with E-state index in [1.807, 2.05) is 12.1 Å². The van der Waals surface area contributed by atoms with E-state index in [-0.39, 0.29) is 11.8 Å². The smallest absolute Gasteiger partial charge is 0.211 e. The van der Waals surface area contributed by atoms with Gasteiger partial charge in [0, 0.05) is 13.1 Å². The number of benzene rings is 1. The molecule has 136 valence electrons. The second-order valence-electron chi connectivity index (χ2n) is 7.33. The van der Waals surface area contributed by atoms with Crippen LogP contribution >= 0.6 is 0 Å². The van der Waals surface area contributed by atoms with Crippen molar-refractivity contribution in [2.75, 3.05) is 26.2 Å². The van der Waals surface area contributed by atoms with Crippen LogP contribution < -0.4 is 0 Å². The van der Waals surface area contributed by atoms with Gasteiger partial charge in [-0.3, -0.25) is 14.6 Å². The van der Waals surface area contributed by atoms with E-state index in [4.69, 9.17) is 4.42 Å². The highest BCUT2D eigenvalue weighted by Gasteiger charge is 2.32. The number of Topliss-reactive ketones (excluding diaryl/α,β-unsaturated/α-hetero) is 1. The summed E-state index contributed by atoms with van der Waals surface area (Å²) in [7, 11) is 0. The molecule has 1 aromatic heterocycles. The number of rotatable bonds is 6. The number of aldehydes is 1. The summed E-state index contributed by atoms with van der Waals surface area (Å²) in [6.07, 6.45) is 4.73. The molecule has 1 saturated heterocycles. The summed E-state index contributed by atoms with van der Waals surface area (Å²) >= 11 is 0. The van der Waals surface area contributed by atoms with E-state index in [1.165, 1.54) is 11.8 Å². The first-order valence-electron chi connectivity index (χ1n) is 9.31. The van der Waals surface area contributed by atoms with Crippen LogP contribution in [-0.4, -0.2) is 48.0 Å². The minimum absolute atomic E-state index is 0.0458. The van der Waals surface area contributed by atoms with E-state index >= 15 is 0 Å². The summed E-state index contributed by atoms with van der Waals surface area (Å²) in [6.45, 7) is 4.06. The predicted molar refractivity (Wildman–Crippen MR) is 97.9 cm³/mol. The Kier molecular flexibility index (Phi) is 5.00. The van der Waals surface area contributed by atoms with E-state index in [2.05, 4.69) is 21.9 Å². The quantitative estimate of drug-likeness (QED) is 0.591. The average molecular weight is 352 g/mol. The highest BCUT2D eigenvalue weighted by atomic mass is 16.3. The van der Waals surface area contributed by atoms with Gasteiger partial charge in [0.1, 0.15) is 6.29 Å². The van der Waals surface area contributed by atoms with E-state index < -0.39 is 0 Å². The third kappa shape index (κ3) is 3.50. The van der Waals surface area contributed by atoms with Crippen molar-refractivity contribution in [3.8, 4) is 0 Å². The zero-order chi connectivity index (χ0) is 17.9. The summed E-state index contributed by atoms with van der Waals surface area (Å²) in [5, 5.41) is 0. The van der Waals surface area contributed by atoms with Crippen molar-refractivity contribution < 1.29 is 14.0 Å². The van der Waals surface area contributed by atoms with Gasteiger partial charge in [0.2, 0.25) is 5.78 Å². The second-order valence-corrected chi connectivity index (χ2v) is 7.33. The predicted octanol–water partition coefficient (Wildman–Crippen LogP) is 2.93. The Morgan fingerprint density at radius 1 is 1.15 bits per heavy atom. The van der Waals surface area contributed by atoms with E-state index in [0.29, 0.717) is 18.2 Å². The van der Waals surface area contributed by atoms with Gasteiger partial charge in [-0.05, 0) is 55.1 Å². The van der Waals surface area contributed by atoms with E-state index in [1.54, 1.807) is 12.1 Å². The molecule has 3 heterocycles. The molecule has 1 atom stereocenters. The molecule has 2 aromatic rings. The summed E-state index contributed by atoms with van der Waals surface area (Å²) in [6, 6.07) is 11.6. The molecule has 0 saturated carbocycles. The normalized spacial score (nSPS) is 21.6. The van der Waals surface area contributed by atoms with Crippen molar-refractivity contribution in [1.29, 1.82) is 0 Å². The Bertz CT molecular complexity index is 763. The number of carbonyl (C=O) groups excluding carboxylic acids is 2. The molecule has 2 aliphatic heterocycles. The van der Waals surface area contributed by atoms with Crippen LogP contribution in [0, 0.1) is 5.92 Å². The van der Waals surface area contributed by atoms with E-state index in [9.17, 15) is 9.59 Å². The maximum atomic E-state index is 12.2. The van der Waals surface area contributed by atoms with Crippen LogP contribution in [-0.2, 0) is 11.3 Å². The number of piperidine rings is 1. The monoisotopic (exact) mass is 352 g/mol. The fourth-order valence-electron chi connectivity index (χ4n) is 4.20. The van der Waals surface area contributed by atoms with Crippen molar-refractivity contribution in [2.45, 2.75) is 25.4 Å². The van der Waals surface area contributed by atoms with Crippen LogP contribution in [0.5, 0.6) is 0 Å². The van der Waals surface area contributed by atoms with Crippen molar-refractivity contribution in [3.63, 3.8) is 0 Å². The van der Waals surface area contributed by atoms with Crippen LogP contribution in [0.15, 0.2) is 47.1 Å². The standard InChI is InChI=1S/C21H24N2O3/c24-15-19-18-5-2-1-4-17(18)13-23(19)12-16-7-9-22(10-8-16)14-20(25)21-6-3-11-26-21/h1-6,11,15-16,19H,7-10,12-14H2. The van der Waals surface area contributed by atoms with Crippen LogP contribution in [0.3, 0.4) is 0 Å². The molecule has 0 bridgehead atoms. The van der Waals surface area contributed by atoms with Crippen molar-refractivity contribution in [3.05, 3.63) is 59.5 Å². The number of hydrogen-bond acceptors (Lipinski definition) is 5. The van der Waals surface area contributed by atoms with Gasteiger partial charge in [-0.25, -0.2) is 0 Å².